The predicted octanol–water partition coefficient (Wildman–Crippen LogP) is 3.64. The highest BCUT2D eigenvalue weighted by molar-refractivity contribution is 5.70. The molecule has 10 nitrogen and oxygen atoms in total. The van der Waals surface area contributed by atoms with Crippen LogP contribution in [0.1, 0.15) is 51.2 Å². The Balaban J connectivity index is 2.32. The van der Waals surface area contributed by atoms with Gasteiger partial charge in [0, 0.05) is 19.2 Å². The van der Waals surface area contributed by atoms with Gasteiger partial charge in [-0.15, -0.1) is 0 Å². The molecule has 2 N–H and O–H groups in total. The number of amides is 1. The van der Waals surface area contributed by atoms with Crippen molar-refractivity contribution in [2.24, 2.45) is 11.0 Å². The number of nitrogens with zero attached hydrogens (tertiary/aromatic N) is 4. The molecule has 0 radical (unpaired) electrons. The lowest BCUT2D eigenvalue weighted by molar-refractivity contribution is -0.384. The van der Waals surface area contributed by atoms with E-state index in [4.69, 9.17) is 10.6 Å². The number of aryl methyl sites for hydroxylation is 1. The molecule has 160 valence electrons. The van der Waals surface area contributed by atoms with Crippen LogP contribution in [0.2, 0.25) is 0 Å². The van der Waals surface area contributed by atoms with Gasteiger partial charge in [-0.2, -0.15) is 4.91 Å². The minimum Gasteiger partial charge on any atom is -0.444 e. The Labute approximate surface area is 170 Å². The van der Waals surface area contributed by atoms with E-state index >= 15 is 0 Å². The van der Waals surface area contributed by atoms with Crippen molar-refractivity contribution >= 4 is 17.5 Å². The van der Waals surface area contributed by atoms with Crippen LogP contribution in [-0.4, -0.2) is 40.6 Å². The number of rotatable bonds is 5. The van der Waals surface area contributed by atoms with Gasteiger partial charge in [0.05, 0.1) is 11.0 Å². The Bertz CT molecular complexity index is 777. The summed E-state index contributed by atoms with van der Waals surface area (Å²) in [5.41, 5.74) is 0.518. The topological polar surface area (TPSA) is 131 Å². The van der Waals surface area contributed by atoms with Crippen molar-refractivity contribution in [1.29, 1.82) is 0 Å². The van der Waals surface area contributed by atoms with Crippen LogP contribution in [0.4, 0.5) is 16.2 Å². The van der Waals surface area contributed by atoms with E-state index in [-0.39, 0.29) is 24.0 Å². The number of nitro benzene ring substituents is 1. The first kappa shape index (κ1) is 22.5. The van der Waals surface area contributed by atoms with Gasteiger partial charge in [0.1, 0.15) is 17.8 Å². The molecule has 1 fully saturated rings. The van der Waals surface area contributed by atoms with Gasteiger partial charge in [-0.25, -0.2) is 10.6 Å². The van der Waals surface area contributed by atoms with E-state index in [0.717, 1.165) is 12.8 Å². The summed E-state index contributed by atoms with van der Waals surface area (Å²) in [6.45, 7) is 7.82. The van der Waals surface area contributed by atoms with Gasteiger partial charge in [0.15, 0.2) is 0 Å². The van der Waals surface area contributed by atoms with E-state index in [9.17, 15) is 19.8 Å². The number of likely N-dealkylation sites (tertiary alicyclic amines) is 1. The molecule has 1 saturated heterocycles. The monoisotopic (exact) mass is 407 g/mol. The minimum atomic E-state index is -0.612. The van der Waals surface area contributed by atoms with Crippen molar-refractivity contribution in [2.45, 2.75) is 65.1 Å². The fourth-order valence-corrected chi connectivity index (χ4v) is 3.50. The maximum atomic E-state index is 12.5. The van der Waals surface area contributed by atoms with Crippen molar-refractivity contribution in [1.82, 2.24) is 4.90 Å². The van der Waals surface area contributed by atoms with Crippen molar-refractivity contribution < 1.29 is 14.5 Å². The number of nitro groups is 1. The lowest BCUT2D eigenvalue weighted by atomic mass is 10.0. The molecule has 1 heterocycles. The third kappa shape index (κ3) is 5.86. The summed E-state index contributed by atoms with van der Waals surface area (Å²) in [6.07, 6.45) is 1.90. The highest BCUT2D eigenvalue weighted by Gasteiger charge is 2.32. The molecule has 0 aliphatic carbocycles. The fourth-order valence-electron chi connectivity index (χ4n) is 3.50. The molecule has 2 rings (SSSR count). The van der Waals surface area contributed by atoms with Crippen LogP contribution < -0.4 is 10.9 Å². The standard InChI is InChI=1S/C19H29N5O5/c1-13-9-14(11-21-26)10-16(24(27)28)17(13)23(20)15-7-5-6-8-22(12-15)18(25)29-19(2,3)4/h9-10,15H,5-8,11-12,20H2,1-4H3/t15-/m1/s1. The van der Waals surface area contributed by atoms with Crippen LogP contribution in [0, 0.1) is 21.9 Å². The zero-order valence-corrected chi connectivity index (χ0v) is 17.4. The van der Waals surface area contributed by atoms with Crippen LogP contribution in [0.25, 0.3) is 0 Å². The maximum Gasteiger partial charge on any atom is 0.410 e. The first-order valence-corrected chi connectivity index (χ1v) is 9.62. The van der Waals surface area contributed by atoms with Gasteiger partial charge in [-0.05, 0) is 58.1 Å². The molecule has 1 aromatic rings. The number of hydrogen-bond acceptors (Lipinski definition) is 8. The lowest BCUT2D eigenvalue weighted by Crippen LogP contribution is -2.49. The van der Waals surface area contributed by atoms with Crippen molar-refractivity contribution in [3.05, 3.63) is 38.3 Å². The molecule has 0 unspecified atom stereocenters. The zero-order chi connectivity index (χ0) is 21.8. The lowest BCUT2D eigenvalue weighted by Gasteiger charge is -2.33. The van der Waals surface area contributed by atoms with Crippen LogP contribution in [0.15, 0.2) is 17.3 Å². The normalized spacial score (nSPS) is 17.4. The molecule has 0 aromatic heterocycles. The Hall–Kier alpha value is -2.75. The Kier molecular flexibility index (Phi) is 7.12. The Morgan fingerprint density at radius 2 is 2.10 bits per heavy atom. The number of hydrogen-bond donors (Lipinski definition) is 1. The van der Waals surface area contributed by atoms with Crippen molar-refractivity contribution in [2.75, 3.05) is 18.1 Å². The number of ether oxygens (including phenoxy) is 1. The maximum absolute atomic E-state index is 12.5. The first-order valence-electron chi connectivity index (χ1n) is 9.62. The SMILES string of the molecule is Cc1cc(CN=O)cc([N+](=O)[O-])c1N(N)[C@@H]1CCCCN(C(=O)OC(C)(C)C)C1. The smallest absolute Gasteiger partial charge is 0.410 e. The predicted molar refractivity (Wildman–Crippen MR) is 109 cm³/mol. The molecular formula is C19H29N5O5. The molecule has 1 atom stereocenters. The molecule has 1 aromatic carbocycles. The zero-order valence-electron chi connectivity index (χ0n) is 17.4. The second-order valence-electron chi connectivity index (χ2n) is 8.31. The summed E-state index contributed by atoms with van der Waals surface area (Å²) in [7, 11) is 0. The molecular weight excluding hydrogens is 378 g/mol. The Morgan fingerprint density at radius 1 is 1.41 bits per heavy atom. The van der Waals surface area contributed by atoms with Crippen LogP contribution >= 0.6 is 0 Å². The van der Waals surface area contributed by atoms with Gasteiger partial charge in [0.25, 0.3) is 5.69 Å². The van der Waals surface area contributed by atoms with E-state index in [0.29, 0.717) is 30.6 Å². The average Bonchev–Trinajstić information content (AvgIpc) is 2.86. The Morgan fingerprint density at radius 3 is 2.69 bits per heavy atom. The van der Waals surface area contributed by atoms with E-state index in [1.807, 2.05) is 0 Å². The molecule has 0 saturated carbocycles. The molecule has 10 heteroatoms. The van der Waals surface area contributed by atoms with E-state index in [1.165, 1.54) is 11.1 Å². The third-order valence-electron chi connectivity index (χ3n) is 4.73. The molecule has 0 bridgehead atoms. The number of carbonyl (C=O) groups excluding carboxylic acids is 1. The third-order valence-corrected chi connectivity index (χ3v) is 4.73. The van der Waals surface area contributed by atoms with E-state index < -0.39 is 16.6 Å². The quantitative estimate of drug-likeness (QED) is 0.341. The highest BCUT2D eigenvalue weighted by atomic mass is 16.6. The van der Waals surface area contributed by atoms with Gasteiger partial charge in [0.2, 0.25) is 0 Å². The summed E-state index contributed by atoms with van der Waals surface area (Å²) >= 11 is 0. The summed E-state index contributed by atoms with van der Waals surface area (Å²) in [5.74, 6) is 6.36. The van der Waals surface area contributed by atoms with E-state index in [2.05, 4.69) is 5.18 Å². The summed E-state index contributed by atoms with van der Waals surface area (Å²) in [5, 5.41) is 15.8. The molecule has 0 spiro atoms. The second kappa shape index (κ2) is 9.17. The largest absolute Gasteiger partial charge is 0.444 e. The summed E-state index contributed by atoms with van der Waals surface area (Å²) in [6, 6.07) is 2.69. The average molecular weight is 407 g/mol. The minimum absolute atomic E-state index is 0.150. The van der Waals surface area contributed by atoms with Crippen molar-refractivity contribution in [3.8, 4) is 0 Å². The number of nitrogens with two attached hydrogens (primary N) is 1. The van der Waals surface area contributed by atoms with Crippen LogP contribution in [0.5, 0.6) is 0 Å². The number of anilines is 1. The van der Waals surface area contributed by atoms with Gasteiger partial charge in [-0.3, -0.25) is 15.1 Å². The molecule has 1 aliphatic rings. The summed E-state index contributed by atoms with van der Waals surface area (Å²) in [4.78, 5) is 35.8. The first-order chi connectivity index (χ1) is 13.5. The number of benzene rings is 1. The van der Waals surface area contributed by atoms with Crippen LogP contribution in [0.3, 0.4) is 0 Å². The van der Waals surface area contributed by atoms with Crippen molar-refractivity contribution in [3.63, 3.8) is 0 Å². The van der Waals surface area contributed by atoms with Crippen LogP contribution in [-0.2, 0) is 11.3 Å². The van der Waals surface area contributed by atoms with Gasteiger partial charge < -0.3 is 9.64 Å². The van der Waals surface area contributed by atoms with Gasteiger partial charge in [-0.1, -0.05) is 11.2 Å². The number of hydrazine groups is 1. The molecule has 29 heavy (non-hydrogen) atoms. The summed E-state index contributed by atoms with van der Waals surface area (Å²) < 4.78 is 5.47. The second-order valence-corrected chi connectivity index (χ2v) is 8.31. The fraction of sp³-hybridized carbons (Fsp3) is 0.632. The van der Waals surface area contributed by atoms with E-state index in [1.54, 1.807) is 38.7 Å². The van der Waals surface area contributed by atoms with Gasteiger partial charge >= 0.3 is 6.09 Å². The molecule has 1 aliphatic heterocycles. The number of nitroso groups, excluding NO2 is 1. The molecule has 1 amide bonds. The number of carbonyl (C=O) groups is 1. The highest BCUT2D eigenvalue weighted by Crippen LogP contribution is 2.34.